The third-order valence-corrected chi connectivity index (χ3v) is 4.72. The van der Waals surface area contributed by atoms with Crippen molar-refractivity contribution < 1.29 is 28.5 Å². The Morgan fingerprint density at radius 3 is 2.27 bits per heavy atom. The van der Waals surface area contributed by atoms with Crippen molar-refractivity contribution in [3.05, 3.63) is 35.9 Å². The first-order chi connectivity index (χ1) is 12.2. The molecule has 1 amide bonds. The second-order valence-corrected chi connectivity index (χ2v) is 7.79. The van der Waals surface area contributed by atoms with Crippen molar-refractivity contribution in [2.75, 3.05) is 0 Å². The smallest absolute Gasteiger partial charge is 0.252 e. The Hall–Kier alpha value is -1.51. The van der Waals surface area contributed by atoms with Crippen LogP contribution in [0.1, 0.15) is 33.3 Å². The summed E-state index contributed by atoms with van der Waals surface area (Å²) in [6.07, 6.45) is -2.92. The van der Waals surface area contributed by atoms with E-state index in [9.17, 15) is 4.79 Å². The van der Waals surface area contributed by atoms with E-state index in [2.05, 4.69) is 5.32 Å². The van der Waals surface area contributed by atoms with E-state index in [1.807, 2.05) is 58.0 Å². The zero-order chi connectivity index (χ0) is 18.5. The Kier molecular flexibility index (Phi) is 4.32. The van der Waals surface area contributed by atoms with Crippen LogP contribution in [0.15, 0.2) is 30.3 Å². The number of rotatable bonds is 3. The number of carbonyl (C=O) groups excluding carboxylic acids is 1. The van der Waals surface area contributed by atoms with Gasteiger partial charge in [0.05, 0.1) is 0 Å². The van der Waals surface area contributed by atoms with Crippen molar-refractivity contribution in [2.24, 2.45) is 0 Å². The highest BCUT2D eigenvalue weighted by Gasteiger charge is 2.62. The zero-order valence-electron chi connectivity index (χ0n) is 15.4. The van der Waals surface area contributed by atoms with E-state index < -0.39 is 42.3 Å². The third kappa shape index (κ3) is 3.37. The standard InChI is InChI=1S/C19H25NO6/c1-18(2)23-12-13(24-18)15-17(26-19(3,4)25-15)22-14(12)16(21)20-10-11-8-6-5-7-9-11/h5-9,12-15,17H,10H2,1-4H3,(H,20,21)/t12-,13+,14+,15-,17+/m1/s1. The molecule has 3 aliphatic rings. The molecule has 26 heavy (non-hydrogen) atoms. The summed E-state index contributed by atoms with van der Waals surface area (Å²) in [6.45, 7) is 7.68. The fourth-order valence-electron chi connectivity index (χ4n) is 3.71. The Bertz CT molecular complexity index is 676. The average Bonchev–Trinajstić information content (AvgIpc) is 3.06. The second-order valence-electron chi connectivity index (χ2n) is 7.79. The summed E-state index contributed by atoms with van der Waals surface area (Å²) in [5.74, 6) is -1.87. The summed E-state index contributed by atoms with van der Waals surface area (Å²) >= 11 is 0. The van der Waals surface area contributed by atoms with Crippen molar-refractivity contribution in [3.8, 4) is 0 Å². The van der Waals surface area contributed by atoms with Crippen LogP contribution in [0, 0.1) is 0 Å². The number of amides is 1. The summed E-state index contributed by atoms with van der Waals surface area (Å²) in [5, 5.41) is 2.91. The zero-order valence-corrected chi connectivity index (χ0v) is 15.4. The number of hydrogen-bond acceptors (Lipinski definition) is 6. The molecule has 0 spiro atoms. The van der Waals surface area contributed by atoms with Gasteiger partial charge in [0, 0.05) is 6.54 Å². The van der Waals surface area contributed by atoms with E-state index in [1.54, 1.807) is 0 Å². The summed E-state index contributed by atoms with van der Waals surface area (Å²) in [4.78, 5) is 12.8. The number of benzene rings is 1. The topological polar surface area (TPSA) is 75.3 Å². The van der Waals surface area contributed by atoms with Gasteiger partial charge in [-0.3, -0.25) is 4.79 Å². The Morgan fingerprint density at radius 2 is 1.54 bits per heavy atom. The van der Waals surface area contributed by atoms with Crippen molar-refractivity contribution in [1.82, 2.24) is 5.32 Å². The third-order valence-electron chi connectivity index (χ3n) is 4.72. The largest absolute Gasteiger partial charge is 0.350 e. The number of fused-ring (bicyclic) bond motifs is 3. The molecule has 142 valence electrons. The highest BCUT2D eigenvalue weighted by molar-refractivity contribution is 5.81. The molecular formula is C19H25NO6. The lowest BCUT2D eigenvalue weighted by Crippen LogP contribution is -2.59. The first kappa shape index (κ1) is 17.9. The van der Waals surface area contributed by atoms with E-state index in [0.717, 1.165) is 5.56 Å². The van der Waals surface area contributed by atoms with E-state index in [4.69, 9.17) is 23.7 Å². The second kappa shape index (κ2) is 6.28. The predicted octanol–water partition coefficient (Wildman–Crippen LogP) is 1.70. The maximum atomic E-state index is 12.8. The fourth-order valence-corrected chi connectivity index (χ4v) is 3.71. The van der Waals surface area contributed by atoms with Gasteiger partial charge in [0.15, 0.2) is 24.0 Å². The fraction of sp³-hybridized carbons (Fsp3) is 0.632. The van der Waals surface area contributed by atoms with Crippen LogP contribution < -0.4 is 5.32 Å². The van der Waals surface area contributed by atoms with Gasteiger partial charge < -0.3 is 29.0 Å². The Morgan fingerprint density at radius 1 is 0.923 bits per heavy atom. The first-order valence-electron chi connectivity index (χ1n) is 8.92. The lowest BCUT2D eigenvalue weighted by atomic mass is 9.98. The summed E-state index contributed by atoms with van der Waals surface area (Å²) < 4.78 is 29.7. The van der Waals surface area contributed by atoms with Crippen molar-refractivity contribution in [1.29, 1.82) is 0 Å². The minimum absolute atomic E-state index is 0.253. The van der Waals surface area contributed by atoms with E-state index in [0.29, 0.717) is 6.54 Å². The molecule has 0 radical (unpaired) electrons. The van der Waals surface area contributed by atoms with E-state index >= 15 is 0 Å². The summed E-state index contributed by atoms with van der Waals surface area (Å²) in [7, 11) is 0. The van der Waals surface area contributed by atoms with Crippen LogP contribution in [0.5, 0.6) is 0 Å². The van der Waals surface area contributed by atoms with Crippen LogP contribution in [0.2, 0.25) is 0 Å². The first-order valence-corrected chi connectivity index (χ1v) is 8.92. The highest BCUT2D eigenvalue weighted by atomic mass is 16.9. The Balaban J connectivity index is 1.51. The molecule has 5 atom stereocenters. The number of carbonyl (C=O) groups is 1. The normalized spacial score (nSPS) is 37.0. The van der Waals surface area contributed by atoms with Gasteiger partial charge in [0.1, 0.15) is 18.3 Å². The van der Waals surface area contributed by atoms with Gasteiger partial charge in [-0.2, -0.15) is 0 Å². The van der Waals surface area contributed by atoms with Crippen LogP contribution in [0.25, 0.3) is 0 Å². The molecule has 4 rings (SSSR count). The van der Waals surface area contributed by atoms with Crippen molar-refractivity contribution in [2.45, 2.75) is 76.5 Å². The van der Waals surface area contributed by atoms with Crippen LogP contribution in [-0.4, -0.2) is 48.2 Å². The predicted molar refractivity (Wildman–Crippen MR) is 90.8 cm³/mol. The molecule has 7 heteroatoms. The van der Waals surface area contributed by atoms with Crippen LogP contribution in [0.3, 0.4) is 0 Å². The molecular weight excluding hydrogens is 338 g/mol. The van der Waals surface area contributed by atoms with Crippen LogP contribution in [0.4, 0.5) is 0 Å². The molecule has 7 nitrogen and oxygen atoms in total. The highest BCUT2D eigenvalue weighted by Crippen LogP contribution is 2.44. The van der Waals surface area contributed by atoms with Crippen molar-refractivity contribution in [3.63, 3.8) is 0 Å². The molecule has 3 aliphatic heterocycles. The molecule has 0 aromatic heterocycles. The van der Waals surface area contributed by atoms with E-state index in [1.165, 1.54) is 0 Å². The molecule has 0 aliphatic carbocycles. The molecule has 3 heterocycles. The van der Waals surface area contributed by atoms with Gasteiger partial charge in [-0.25, -0.2) is 0 Å². The monoisotopic (exact) mass is 363 g/mol. The molecule has 0 unspecified atom stereocenters. The lowest BCUT2D eigenvalue weighted by molar-refractivity contribution is -0.231. The average molecular weight is 363 g/mol. The van der Waals surface area contributed by atoms with Crippen LogP contribution >= 0.6 is 0 Å². The summed E-state index contributed by atoms with van der Waals surface area (Å²) in [6, 6.07) is 9.71. The molecule has 0 saturated carbocycles. The molecule has 3 fully saturated rings. The molecule has 1 aromatic rings. The SMILES string of the molecule is CC1(C)O[C@H]2[C@@H](O1)[C@@H](C(=O)NCc1ccccc1)O[C@H]1OC(C)(C)O[C@@H]12. The van der Waals surface area contributed by atoms with E-state index in [-0.39, 0.29) is 5.91 Å². The number of hydrogen-bond donors (Lipinski definition) is 1. The maximum Gasteiger partial charge on any atom is 0.252 e. The lowest BCUT2D eigenvalue weighted by Gasteiger charge is -2.36. The van der Waals surface area contributed by atoms with Gasteiger partial charge in [-0.1, -0.05) is 30.3 Å². The molecule has 0 bridgehead atoms. The minimum atomic E-state index is -0.829. The Labute approximate surface area is 152 Å². The molecule has 3 saturated heterocycles. The van der Waals surface area contributed by atoms with Crippen molar-refractivity contribution >= 4 is 5.91 Å². The quantitative estimate of drug-likeness (QED) is 0.881. The number of ether oxygens (including phenoxy) is 5. The van der Waals surface area contributed by atoms with Gasteiger partial charge in [-0.05, 0) is 33.3 Å². The molecule has 1 aromatic carbocycles. The summed E-state index contributed by atoms with van der Waals surface area (Å²) in [5.41, 5.74) is 1.01. The number of nitrogens with one attached hydrogen (secondary N) is 1. The minimum Gasteiger partial charge on any atom is -0.350 e. The van der Waals surface area contributed by atoms with Gasteiger partial charge >= 0.3 is 0 Å². The van der Waals surface area contributed by atoms with Gasteiger partial charge in [0.25, 0.3) is 5.91 Å². The van der Waals surface area contributed by atoms with Gasteiger partial charge in [0.2, 0.25) is 0 Å². The van der Waals surface area contributed by atoms with Crippen LogP contribution in [-0.2, 0) is 35.0 Å². The van der Waals surface area contributed by atoms with Gasteiger partial charge in [-0.15, -0.1) is 0 Å². The maximum absolute atomic E-state index is 12.8. The molecule has 1 N–H and O–H groups in total.